The maximum atomic E-state index is 9.04. The van der Waals surface area contributed by atoms with E-state index in [2.05, 4.69) is 4.90 Å². The van der Waals surface area contributed by atoms with Gasteiger partial charge < -0.3 is 30.7 Å². The molecule has 5 N–H and O–H groups in total. The van der Waals surface area contributed by atoms with E-state index < -0.39 is 5.97 Å². The minimum atomic E-state index is -2.85. The van der Waals surface area contributed by atoms with E-state index in [4.69, 9.17) is 25.8 Å². The van der Waals surface area contributed by atoms with Crippen molar-refractivity contribution in [2.24, 2.45) is 0 Å². The lowest BCUT2D eigenvalue weighted by Gasteiger charge is -2.30. The topological polar surface area (TPSA) is 99.2 Å². The van der Waals surface area contributed by atoms with Crippen molar-refractivity contribution in [1.82, 2.24) is 0 Å². The molecule has 6 nitrogen and oxygen atoms in total. The van der Waals surface area contributed by atoms with E-state index in [1.54, 1.807) is 6.07 Å². The molecular weight excluding hydrogens is 224 g/mol. The van der Waals surface area contributed by atoms with Gasteiger partial charge in [-0.25, -0.2) is 0 Å². The summed E-state index contributed by atoms with van der Waals surface area (Å²) < 4.78 is 5.24. The van der Waals surface area contributed by atoms with Gasteiger partial charge in [0, 0.05) is 18.7 Å². The van der Waals surface area contributed by atoms with E-state index in [9.17, 15) is 0 Å². The number of ether oxygens (including phenoxy) is 1. The number of nitrogen functional groups attached to an aromatic ring is 1. The molecule has 1 aromatic rings. The summed E-state index contributed by atoms with van der Waals surface area (Å²) in [6.07, 6.45) is 0. The minimum absolute atomic E-state index is 0.0491. The third kappa shape index (κ3) is 2.67. The number of hydrogen-bond donors (Lipinski definition) is 4. The summed E-state index contributed by atoms with van der Waals surface area (Å²) in [7, 11) is 0. The van der Waals surface area contributed by atoms with Crippen LogP contribution in [0.4, 0.5) is 11.4 Å². The van der Waals surface area contributed by atoms with Gasteiger partial charge in [0.15, 0.2) is 0 Å². The van der Waals surface area contributed by atoms with Crippen LogP contribution in [-0.4, -0.2) is 41.6 Å². The van der Waals surface area contributed by atoms with Crippen LogP contribution in [0.5, 0.6) is 0 Å². The Morgan fingerprint density at radius 3 is 2.35 bits per heavy atom. The largest absolute Gasteiger partial charge is 0.397 e. The Morgan fingerprint density at radius 1 is 1.18 bits per heavy atom. The van der Waals surface area contributed by atoms with E-state index in [0.717, 1.165) is 18.8 Å². The van der Waals surface area contributed by atoms with E-state index in [0.29, 0.717) is 18.9 Å². The van der Waals surface area contributed by atoms with Crippen LogP contribution < -0.4 is 10.6 Å². The fraction of sp³-hybridized carbons (Fsp3) is 0.455. The molecule has 0 aliphatic carbocycles. The third-order valence-corrected chi connectivity index (χ3v) is 2.77. The quantitative estimate of drug-likeness (QED) is 0.399. The van der Waals surface area contributed by atoms with Crippen LogP contribution >= 0.6 is 0 Å². The van der Waals surface area contributed by atoms with Crippen LogP contribution in [0.2, 0.25) is 0 Å². The molecule has 1 aliphatic rings. The maximum absolute atomic E-state index is 9.04. The predicted molar refractivity (Wildman–Crippen MR) is 62.2 cm³/mol. The zero-order chi connectivity index (χ0) is 12.5. The molecule has 0 saturated carbocycles. The number of hydrogen-bond acceptors (Lipinski definition) is 6. The van der Waals surface area contributed by atoms with Gasteiger partial charge in [-0.3, -0.25) is 0 Å². The maximum Gasteiger partial charge on any atom is 0.304 e. The fourth-order valence-electron chi connectivity index (χ4n) is 1.86. The zero-order valence-electron chi connectivity index (χ0n) is 9.33. The van der Waals surface area contributed by atoms with Crippen LogP contribution in [0.15, 0.2) is 18.2 Å². The SMILES string of the molecule is Nc1cc(C(O)(O)O)ccc1N1CCOCC1. The highest BCUT2D eigenvalue weighted by molar-refractivity contribution is 5.68. The summed E-state index contributed by atoms with van der Waals surface area (Å²) in [5.41, 5.74) is 6.99. The minimum Gasteiger partial charge on any atom is -0.397 e. The monoisotopic (exact) mass is 240 g/mol. The van der Waals surface area contributed by atoms with E-state index >= 15 is 0 Å². The van der Waals surface area contributed by atoms with E-state index in [1.807, 2.05) is 0 Å². The van der Waals surface area contributed by atoms with Crippen LogP contribution in [0.1, 0.15) is 5.56 Å². The number of benzene rings is 1. The molecule has 0 aromatic heterocycles. The third-order valence-electron chi connectivity index (χ3n) is 2.77. The van der Waals surface area contributed by atoms with Crippen molar-refractivity contribution in [3.05, 3.63) is 23.8 Å². The molecule has 1 aromatic carbocycles. The predicted octanol–water partition coefficient (Wildman–Crippen LogP) is -0.807. The highest BCUT2D eigenvalue weighted by Crippen LogP contribution is 2.28. The Morgan fingerprint density at radius 2 is 1.82 bits per heavy atom. The molecule has 1 saturated heterocycles. The second kappa shape index (κ2) is 4.50. The number of morpholine rings is 1. The molecule has 17 heavy (non-hydrogen) atoms. The van der Waals surface area contributed by atoms with Crippen molar-refractivity contribution < 1.29 is 20.1 Å². The Bertz CT molecular complexity index is 397. The Hall–Kier alpha value is -1.34. The van der Waals surface area contributed by atoms with Gasteiger partial charge in [0.05, 0.1) is 24.6 Å². The first-order valence-corrected chi connectivity index (χ1v) is 5.38. The first kappa shape index (κ1) is 12.1. The van der Waals surface area contributed by atoms with E-state index in [-0.39, 0.29) is 5.56 Å². The number of anilines is 2. The average molecular weight is 240 g/mol. The fourth-order valence-corrected chi connectivity index (χ4v) is 1.86. The van der Waals surface area contributed by atoms with Crippen LogP contribution in [0.25, 0.3) is 0 Å². The molecule has 0 unspecified atom stereocenters. The second-order valence-corrected chi connectivity index (χ2v) is 4.01. The molecule has 2 rings (SSSR count). The van der Waals surface area contributed by atoms with Crippen LogP contribution in [-0.2, 0) is 10.7 Å². The van der Waals surface area contributed by atoms with Gasteiger partial charge in [0.25, 0.3) is 0 Å². The number of nitrogens with two attached hydrogens (primary N) is 1. The molecule has 0 radical (unpaired) electrons. The molecule has 0 atom stereocenters. The standard InChI is InChI=1S/C11H16N2O4/c12-9-7-8(11(14,15)16)1-2-10(9)13-3-5-17-6-4-13/h1-2,7,14-16H,3-6,12H2. The molecule has 0 spiro atoms. The van der Waals surface area contributed by atoms with Crippen molar-refractivity contribution in [2.75, 3.05) is 36.9 Å². The van der Waals surface area contributed by atoms with Gasteiger partial charge in [-0.1, -0.05) is 0 Å². The summed E-state index contributed by atoms with van der Waals surface area (Å²) in [6.45, 7) is 2.77. The van der Waals surface area contributed by atoms with Crippen LogP contribution in [0.3, 0.4) is 0 Å². The smallest absolute Gasteiger partial charge is 0.304 e. The summed E-state index contributed by atoms with van der Waals surface area (Å²) >= 11 is 0. The van der Waals surface area contributed by atoms with Gasteiger partial charge in [0.2, 0.25) is 0 Å². The van der Waals surface area contributed by atoms with Crippen LogP contribution in [0, 0.1) is 0 Å². The Labute approximate surface area is 98.8 Å². The summed E-state index contributed by atoms with van der Waals surface area (Å²) in [4.78, 5) is 2.05. The number of rotatable bonds is 2. The van der Waals surface area contributed by atoms with Gasteiger partial charge in [-0.15, -0.1) is 0 Å². The molecule has 0 bridgehead atoms. The lowest BCUT2D eigenvalue weighted by atomic mass is 10.1. The zero-order valence-corrected chi connectivity index (χ0v) is 9.33. The van der Waals surface area contributed by atoms with Crippen molar-refractivity contribution in [2.45, 2.75) is 5.97 Å². The average Bonchev–Trinajstić information content (AvgIpc) is 2.29. The Balaban J connectivity index is 2.25. The number of aliphatic hydroxyl groups is 3. The highest BCUT2D eigenvalue weighted by atomic mass is 16.7. The van der Waals surface area contributed by atoms with Crippen molar-refractivity contribution in [1.29, 1.82) is 0 Å². The summed E-state index contributed by atoms with van der Waals surface area (Å²) in [5.74, 6) is -2.85. The van der Waals surface area contributed by atoms with Crippen molar-refractivity contribution in [3.63, 3.8) is 0 Å². The molecule has 1 heterocycles. The molecule has 1 aliphatic heterocycles. The second-order valence-electron chi connectivity index (χ2n) is 4.01. The van der Waals surface area contributed by atoms with E-state index in [1.165, 1.54) is 12.1 Å². The molecule has 94 valence electrons. The Kier molecular flexibility index (Phi) is 3.21. The van der Waals surface area contributed by atoms with Gasteiger partial charge in [0.1, 0.15) is 0 Å². The first-order valence-electron chi connectivity index (χ1n) is 5.38. The summed E-state index contributed by atoms with van der Waals surface area (Å²) in [5, 5.41) is 27.1. The molecular formula is C11H16N2O4. The lowest BCUT2D eigenvalue weighted by Crippen LogP contribution is -2.36. The highest BCUT2D eigenvalue weighted by Gasteiger charge is 2.23. The lowest BCUT2D eigenvalue weighted by molar-refractivity contribution is -0.323. The first-order chi connectivity index (χ1) is 7.98. The molecule has 0 amide bonds. The summed E-state index contributed by atoms with van der Waals surface area (Å²) in [6, 6.07) is 4.44. The van der Waals surface area contributed by atoms with Crippen molar-refractivity contribution >= 4 is 11.4 Å². The normalized spacial score (nSPS) is 17.2. The van der Waals surface area contributed by atoms with Crippen molar-refractivity contribution in [3.8, 4) is 0 Å². The van der Waals surface area contributed by atoms with Gasteiger partial charge in [-0.2, -0.15) is 0 Å². The number of nitrogens with zero attached hydrogens (tertiary/aromatic N) is 1. The molecule has 6 heteroatoms. The molecule has 1 fully saturated rings. The van der Waals surface area contributed by atoms with Gasteiger partial charge in [-0.05, 0) is 18.2 Å². The van der Waals surface area contributed by atoms with Gasteiger partial charge >= 0.3 is 5.97 Å².